The van der Waals surface area contributed by atoms with E-state index in [-0.39, 0.29) is 5.66 Å². The standard InChI is InChI=1S/C28H34N2Si/c1-28(2)29-25-17-19-11-5-6-12-20(19)18-26(25)30(28)31(3,4)27-23-15-9-7-13-21(23)22-14-8-10-16-24(22)27/h5-18,21-27,29H,1-4H3/t21?,22?,23?,24?,25?,26-,27?/m1/s1. The summed E-state index contributed by atoms with van der Waals surface area (Å²) in [6.45, 7) is 10.1. The SMILES string of the molecule is CC1(C)NC2C=c3ccccc3=C[C@H]2N1[Si](C)(C)C1C2C=CC=CC2C2C=CC=CC21. The van der Waals surface area contributed by atoms with Crippen LogP contribution in [0.2, 0.25) is 18.6 Å². The van der Waals surface area contributed by atoms with Gasteiger partial charge in [0, 0.05) is 12.1 Å². The van der Waals surface area contributed by atoms with Crippen molar-refractivity contribution in [3.05, 3.63) is 83.3 Å². The minimum absolute atomic E-state index is 0.0177. The smallest absolute Gasteiger partial charge is 0.129 e. The topological polar surface area (TPSA) is 15.3 Å². The maximum Gasteiger partial charge on any atom is 0.129 e. The van der Waals surface area contributed by atoms with Crippen LogP contribution in [-0.4, -0.2) is 30.5 Å². The second-order valence-electron chi connectivity index (χ2n) is 11.1. The second-order valence-corrected chi connectivity index (χ2v) is 15.5. The van der Waals surface area contributed by atoms with E-state index in [9.17, 15) is 0 Å². The quantitative estimate of drug-likeness (QED) is 0.721. The fourth-order valence-electron chi connectivity index (χ4n) is 7.84. The van der Waals surface area contributed by atoms with Crippen LogP contribution in [0.5, 0.6) is 0 Å². The molecule has 6 rings (SSSR count). The Labute approximate surface area is 187 Å². The highest BCUT2D eigenvalue weighted by atomic mass is 28.3. The molecule has 1 saturated heterocycles. The van der Waals surface area contributed by atoms with E-state index >= 15 is 0 Å². The van der Waals surface area contributed by atoms with E-state index in [0.717, 1.165) is 0 Å². The summed E-state index contributed by atoms with van der Waals surface area (Å²) >= 11 is 0. The van der Waals surface area contributed by atoms with Crippen molar-refractivity contribution in [3.8, 4) is 0 Å². The summed E-state index contributed by atoms with van der Waals surface area (Å²) in [5.74, 6) is 2.57. The van der Waals surface area contributed by atoms with Gasteiger partial charge in [0.05, 0.1) is 5.66 Å². The lowest BCUT2D eigenvalue weighted by Crippen LogP contribution is -2.64. The van der Waals surface area contributed by atoms with E-state index < -0.39 is 8.24 Å². The molecule has 2 nitrogen and oxygen atoms in total. The molecule has 5 aliphatic rings. The predicted octanol–water partition coefficient (Wildman–Crippen LogP) is 3.95. The summed E-state index contributed by atoms with van der Waals surface area (Å²) < 4.78 is 2.94. The van der Waals surface area contributed by atoms with Crippen LogP contribution in [0.1, 0.15) is 13.8 Å². The summed E-state index contributed by atoms with van der Waals surface area (Å²) in [5, 5.41) is 6.77. The number of hydrogen-bond donors (Lipinski definition) is 1. The first kappa shape index (κ1) is 19.7. The third-order valence-electron chi connectivity index (χ3n) is 8.65. The largest absolute Gasteiger partial charge is 0.299 e. The van der Waals surface area contributed by atoms with Gasteiger partial charge in [0.15, 0.2) is 0 Å². The predicted molar refractivity (Wildman–Crippen MR) is 133 cm³/mol. The zero-order valence-corrected chi connectivity index (χ0v) is 20.1. The van der Waals surface area contributed by atoms with Crippen molar-refractivity contribution in [1.82, 2.24) is 9.88 Å². The Morgan fingerprint density at radius 1 is 0.774 bits per heavy atom. The first-order chi connectivity index (χ1) is 14.9. The normalized spacial score (nSPS) is 39.3. The molecule has 1 aromatic rings. The van der Waals surface area contributed by atoms with Gasteiger partial charge in [-0.25, -0.2) is 0 Å². The number of allylic oxidation sites excluding steroid dienone is 8. The fourth-order valence-corrected chi connectivity index (χ4v) is 13.2. The first-order valence-corrected chi connectivity index (χ1v) is 15.0. The highest BCUT2D eigenvalue weighted by molar-refractivity contribution is 6.76. The molecule has 0 radical (unpaired) electrons. The van der Waals surface area contributed by atoms with Gasteiger partial charge in [0.1, 0.15) is 8.24 Å². The Hall–Kier alpha value is -1.94. The molecule has 1 N–H and O–H groups in total. The molecule has 0 aromatic heterocycles. The molecule has 1 aromatic carbocycles. The van der Waals surface area contributed by atoms with Crippen LogP contribution in [0.25, 0.3) is 12.2 Å². The molecule has 1 aliphatic heterocycles. The van der Waals surface area contributed by atoms with Gasteiger partial charge < -0.3 is 0 Å². The average Bonchev–Trinajstić information content (AvgIpc) is 3.22. The summed E-state index contributed by atoms with van der Waals surface area (Å²) in [7, 11) is -1.87. The fraction of sp³-hybridized carbons (Fsp3) is 0.429. The highest BCUT2D eigenvalue weighted by Gasteiger charge is 2.60. The molecule has 1 saturated carbocycles. The lowest BCUT2D eigenvalue weighted by Gasteiger charge is -2.51. The third kappa shape index (κ3) is 2.83. The zero-order valence-electron chi connectivity index (χ0n) is 19.1. The van der Waals surface area contributed by atoms with Crippen molar-refractivity contribution >= 4 is 20.4 Å². The molecular weight excluding hydrogens is 392 g/mol. The Balaban J connectivity index is 1.46. The monoisotopic (exact) mass is 426 g/mol. The Morgan fingerprint density at radius 3 is 1.87 bits per heavy atom. The molecule has 1 heterocycles. The van der Waals surface area contributed by atoms with E-state index in [4.69, 9.17) is 0 Å². The van der Waals surface area contributed by atoms with E-state index in [1.807, 2.05) is 0 Å². The molecule has 0 bridgehead atoms. The summed E-state index contributed by atoms with van der Waals surface area (Å²) in [6, 6.07) is 9.68. The number of rotatable bonds is 2. The summed E-state index contributed by atoms with van der Waals surface area (Å²) in [5.41, 5.74) is 0.686. The van der Waals surface area contributed by atoms with Gasteiger partial charge in [-0.1, -0.05) is 98.1 Å². The summed E-state index contributed by atoms with van der Waals surface area (Å²) in [4.78, 5) is 0. The van der Waals surface area contributed by atoms with Gasteiger partial charge in [-0.3, -0.25) is 9.88 Å². The van der Waals surface area contributed by atoms with Crippen LogP contribution >= 0.6 is 0 Å². The zero-order chi connectivity index (χ0) is 21.4. The number of nitrogens with one attached hydrogen (secondary N) is 1. The van der Waals surface area contributed by atoms with Crippen molar-refractivity contribution in [2.75, 3.05) is 0 Å². The first-order valence-electron chi connectivity index (χ1n) is 11.9. The molecule has 5 unspecified atom stereocenters. The molecule has 6 atom stereocenters. The van der Waals surface area contributed by atoms with E-state index in [0.29, 0.717) is 41.3 Å². The van der Waals surface area contributed by atoms with Crippen molar-refractivity contribution in [2.24, 2.45) is 23.7 Å². The van der Waals surface area contributed by atoms with Gasteiger partial charge >= 0.3 is 0 Å². The van der Waals surface area contributed by atoms with Crippen LogP contribution in [0.3, 0.4) is 0 Å². The van der Waals surface area contributed by atoms with Gasteiger partial charge in [-0.05, 0) is 53.5 Å². The molecule has 3 heteroatoms. The van der Waals surface area contributed by atoms with Crippen LogP contribution in [-0.2, 0) is 0 Å². The highest BCUT2D eigenvalue weighted by Crippen LogP contribution is 2.59. The maximum atomic E-state index is 4.01. The van der Waals surface area contributed by atoms with Gasteiger partial charge in [0.2, 0.25) is 0 Å². The number of hydrogen-bond acceptors (Lipinski definition) is 2. The number of benzene rings is 1. The molecule has 31 heavy (non-hydrogen) atoms. The van der Waals surface area contributed by atoms with E-state index in [1.54, 1.807) is 0 Å². The lowest BCUT2D eigenvalue weighted by atomic mass is 9.83. The lowest BCUT2D eigenvalue weighted by molar-refractivity contribution is 0.231. The van der Waals surface area contributed by atoms with Crippen LogP contribution in [0.15, 0.2) is 72.9 Å². The number of fused-ring (bicyclic) bond motifs is 5. The van der Waals surface area contributed by atoms with E-state index in [1.165, 1.54) is 10.4 Å². The van der Waals surface area contributed by atoms with Crippen LogP contribution in [0.4, 0.5) is 0 Å². The minimum Gasteiger partial charge on any atom is -0.299 e. The van der Waals surface area contributed by atoms with Crippen molar-refractivity contribution in [3.63, 3.8) is 0 Å². The second kappa shape index (κ2) is 6.78. The van der Waals surface area contributed by atoms with Crippen LogP contribution < -0.4 is 15.8 Å². The molecule has 4 aliphatic carbocycles. The minimum atomic E-state index is -1.87. The molecule has 160 valence electrons. The Kier molecular flexibility index (Phi) is 4.31. The van der Waals surface area contributed by atoms with Crippen molar-refractivity contribution in [1.29, 1.82) is 0 Å². The van der Waals surface area contributed by atoms with Crippen molar-refractivity contribution in [2.45, 2.75) is 50.2 Å². The van der Waals surface area contributed by atoms with Gasteiger partial charge in [-0.2, -0.15) is 0 Å². The Morgan fingerprint density at radius 2 is 1.29 bits per heavy atom. The Bertz CT molecular complexity index is 1100. The average molecular weight is 427 g/mol. The maximum absolute atomic E-state index is 4.01. The third-order valence-corrected chi connectivity index (χ3v) is 13.1. The summed E-state index contributed by atoms with van der Waals surface area (Å²) in [6.07, 6.45) is 24.2. The molecule has 0 spiro atoms. The molecule has 0 amide bonds. The van der Waals surface area contributed by atoms with Crippen molar-refractivity contribution < 1.29 is 0 Å². The molecular formula is C28H34N2Si. The van der Waals surface area contributed by atoms with E-state index in [2.05, 4.69) is 122 Å². The number of nitrogens with zero attached hydrogens (tertiary/aromatic N) is 1. The molecule has 2 fully saturated rings. The van der Waals surface area contributed by atoms with Gasteiger partial charge in [0.25, 0.3) is 0 Å². The van der Waals surface area contributed by atoms with Gasteiger partial charge in [-0.15, -0.1) is 0 Å². The van der Waals surface area contributed by atoms with Crippen LogP contribution in [0, 0.1) is 23.7 Å².